The van der Waals surface area contributed by atoms with E-state index in [0.717, 1.165) is 0 Å². The molecular formula is C12H9F18O4P. The Bertz CT molecular complexity index is 712. The summed E-state index contributed by atoms with van der Waals surface area (Å²) in [5.41, 5.74) is 0. The number of phosphoric ester groups is 1. The van der Waals surface area contributed by atoms with Gasteiger partial charge < -0.3 is 4.89 Å². The molecule has 0 saturated heterocycles. The second kappa shape index (κ2) is 9.62. The van der Waals surface area contributed by atoms with Crippen molar-refractivity contribution in [3.8, 4) is 0 Å². The summed E-state index contributed by atoms with van der Waals surface area (Å²) in [7, 11) is -7.94. The molecular weight excluding hydrogens is 581 g/mol. The Labute approximate surface area is 180 Å². The fraction of sp³-hybridized carbons (Fsp3) is 1.00. The van der Waals surface area contributed by atoms with Crippen LogP contribution in [0.2, 0.25) is 0 Å². The summed E-state index contributed by atoms with van der Waals surface area (Å²) < 4.78 is 246. The molecule has 0 atom stereocenters. The van der Waals surface area contributed by atoms with Crippen molar-refractivity contribution in [1.82, 2.24) is 0 Å². The van der Waals surface area contributed by atoms with Gasteiger partial charge in [-0.15, -0.1) is 0 Å². The Morgan fingerprint density at radius 2 is 0.714 bits per heavy atom. The predicted molar refractivity (Wildman–Crippen MR) is 72.3 cm³/mol. The van der Waals surface area contributed by atoms with Gasteiger partial charge in [-0.05, 0) is 0 Å². The van der Waals surface area contributed by atoms with Crippen LogP contribution < -0.4 is 0 Å². The number of rotatable bonds is 12. The third-order valence-electron chi connectivity index (χ3n) is 3.55. The SMILES string of the molecule is O=P(O)(OC(F)(F)C(F)(F)C(F)(F)CCC(F)(F)F)OC(F)(F)C(F)(F)C(F)(F)CCC(F)(F)F. The molecule has 23 heteroatoms. The first-order chi connectivity index (χ1) is 14.8. The minimum absolute atomic E-state index is 1.97. The molecule has 0 aliphatic heterocycles. The molecule has 0 saturated carbocycles. The molecule has 0 spiro atoms. The van der Waals surface area contributed by atoms with Gasteiger partial charge in [0.15, 0.2) is 0 Å². The molecule has 0 aromatic heterocycles. The lowest BCUT2D eigenvalue weighted by Gasteiger charge is -2.35. The van der Waals surface area contributed by atoms with Crippen LogP contribution in [0.4, 0.5) is 79.0 Å². The molecule has 0 amide bonds. The second-order valence-corrected chi connectivity index (χ2v) is 7.77. The number of hydrogen-bond donors (Lipinski definition) is 1. The Morgan fingerprint density at radius 3 is 0.914 bits per heavy atom. The van der Waals surface area contributed by atoms with E-state index in [9.17, 15) is 83.6 Å². The molecule has 0 aliphatic carbocycles. The highest BCUT2D eigenvalue weighted by Crippen LogP contribution is 2.61. The van der Waals surface area contributed by atoms with Crippen molar-refractivity contribution in [2.75, 3.05) is 0 Å². The second-order valence-electron chi connectivity index (χ2n) is 6.47. The number of halogens is 18. The third-order valence-corrected chi connectivity index (χ3v) is 4.47. The van der Waals surface area contributed by atoms with E-state index in [0.29, 0.717) is 0 Å². The van der Waals surface area contributed by atoms with Gasteiger partial charge in [0.05, 0.1) is 0 Å². The minimum Gasteiger partial charge on any atom is -0.302 e. The van der Waals surface area contributed by atoms with E-state index in [-0.39, 0.29) is 0 Å². The van der Waals surface area contributed by atoms with Crippen molar-refractivity contribution in [3.05, 3.63) is 0 Å². The zero-order chi connectivity index (χ0) is 28.7. The van der Waals surface area contributed by atoms with E-state index < -0.39 is 81.8 Å². The molecule has 212 valence electrons. The summed E-state index contributed by atoms with van der Waals surface area (Å²) in [4.78, 5) is 8.60. The van der Waals surface area contributed by atoms with Gasteiger partial charge in [0, 0.05) is 25.7 Å². The molecule has 0 radical (unpaired) electrons. The summed E-state index contributed by atoms with van der Waals surface area (Å²) >= 11 is 0. The molecule has 0 aromatic rings. The Kier molecular flexibility index (Phi) is 9.31. The van der Waals surface area contributed by atoms with Crippen molar-refractivity contribution in [2.45, 2.75) is 73.9 Å². The van der Waals surface area contributed by atoms with Crippen molar-refractivity contribution < 1.29 is 97.5 Å². The van der Waals surface area contributed by atoms with Crippen LogP contribution in [0.3, 0.4) is 0 Å². The molecule has 0 aromatic carbocycles. The van der Waals surface area contributed by atoms with Crippen LogP contribution >= 0.6 is 7.82 Å². The molecule has 0 aliphatic rings. The van der Waals surface area contributed by atoms with Crippen LogP contribution in [-0.2, 0) is 13.6 Å². The van der Waals surface area contributed by atoms with Gasteiger partial charge in [-0.3, -0.25) is 0 Å². The van der Waals surface area contributed by atoms with Crippen LogP contribution in [0.25, 0.3) is 0 Å². The Balaban J connectivity index is 5.85. The fourth-order valence-corrected chi connectivity index (χ4v) is 2.61. The van der Waals surface area contributed by atoms with Gasteiger partial charge in [0.1, 0.15) is 0 Å². The summed E-state index contributed by atoms with van der Waals surface area (Å²) in [6.07, 6.45) is -37.9. The Hall–Kier alpha value is -1.15. The van der Waals surface area contributed by atoms with Gasteiger partial charge in [-0.2, -0.15) is 79.0 Å². The third kappa shape index (κ3) is 8.44. The number of alkyl halides is 18. The molecule has 0 bridgehead atoms. The summed E-state index contributed by atoms with van der Waals surface area (Å²) in [6, 6.07) is 0. The minimum atomic E-state index is -7.94. The topological polar surface area (TPSA) is 55.8 Å². The zero-order valence-electron chi connectivity index (χ0n) is 15.8. The maximum Gasteiger partial charge on any atom is 0.482 e. The average molecular weight is 590 g/mol. The van der Waals surface area contributed by atoms with E-state index in [1.165, 1.54) is 0 Å². The lowest BCUT2D eigenvalue weighted by atomic mass is 10.1. The van der Waals surface area contributed by atoms with Gasteiger partial charge >= 0.3 is 56.1 Å². The highest BCUT2D eigenvalue weighted by molar-refractivity contribution is 7.47. The summed E-state index contributed by atoms with van der Waals surface area (Å²) in [5.74, 6) is -27.5. The predicted octanol–water partition coefficient (Wildman–Crippen LogP) is 7.53. The molecule has 35 heavy (non-hydrogen) atoms. The maximum absolute atomic E-state index is 13.3. The summed E-state index contributed by atoms with van der Waals surface area (Å²) in [5, 5.41) is 0. The largest absolute Gasteiger partial charge is 0.482 e. The van der Waals surface area contributed by atoms with E-state index in [1.54, 1.807) is 0 Å². The molecule has 0 fully saturated rings. The molecule has 0 rings (SSSR count). The van der Waals surface area contributed by atoms with Gasteiger partial charge in [-0.25, -0.2) is 13.6 Å². The van der Waals surface area contributed by atoms with Gasteiger partial charge in [0.25, 0.3) is 0 Å². The molecule has 4 nitrogen and oxygen atoms in total. The highest BCUT2D eigenvalue weighted by Gasteiger charge is 2.77. The van der Waals surface area contributed by atoms with Crippen LogP contribution in [-0.4, -0.2) is 53.2 Å². The van der Waals surface area contributed by atoms with Crippen LogP contribution in [0.5, 0.6) is 0 Å². The number of hydrogen-bond acceptors (Lipinski definition) is 3. The summed E-state index contributed by atoms with van der Waals surface area (Å²) in [6.45, 7) is 0. The lowest BCUT2D eigenvalue weighted by molar-refractivity contribution is -0.395. The van der Waals surface area contributed by atoms with Crippen molar-refractivity contribution in [3.63, 3.8) is 0 Å². The fourth-order valence-electron chi connectivity index (χ4n) is 1.76. The normalized spacial score (nSPS) is 16.1. The molecule has 1 N–H and O–H groups in total. The van der Waals surface area contributed by atoms with Crippen LogP contribution in [0, 0.1) is 0 Å². The standard InChI is InChI=1S/C12H9F18O4P/c13-5(14,1-3-7(17,18)19)9(23,24)11(27,28)33-35(31,32)34-12(29,30)10(25,26)6(15,16)2-4-8(20,21)22/h1-4H2,(H,31,32). The van der Waals surface area contributed by atoms with Crippen LogP contribution in [0.15, 0.2) is 0 Å². The van der Waals surface area contributed by atoms with Crippen LogP contribution in [0.1, 0.15) is 25.7 Å². The zero-order valence-corrected chi connectivity index (χ0v) is 16.6. The van der Waals surface area contributed by atoms with E-state index in [2.05, 4.69) is 0 Å². The average Bonchev–Trinajstić information content (AvgIpc) is 2.54. The van der Waals surface area contributed by atoms with Gasteiger partial charge in [-0.1, -0.05) is 0 Å². The first-order valence-electron chi connectivity index (χ1n) is 7.97. The molecule has 0 heterocycles. The van der Waals surface area contributed by atoms with Crippen molar-refractivity contribution in [1.29, 1.82) is 0 Å². The first-order valence-corrected chi connectivity index (χ1v) is 9.47. The van der Waals surface area contributed by atoms with E-state index in [4.69, 9.17) is 4.89 Å². The van der Waals surface area contributed by atoms with Crippen molar-refractivity contribution in [2.24, 2.45) is 0 Å². The molecule has 0 unspecified atom stereocenters. The Morgan fingerprint density at radius 1 is 0.486 bits per heavy atom. The van der Waals surface area contributed by atoms with Crippen molar-refractivity contribution >= 4 is 7.82 Å². The van der Waals surface area contributed by atoms with E-state index >= 15 is 0 Å². The first kappa shape index (κ1) is 33.8. The quantitative estimate of drug-likeness (QED) is 0.189. The monoisotopic (exact) mass is 590 g/mol. The lowest BCUT2D eigenvalue weighted by Crippen LogP contribution is -2.57. The van der Waals surface area contributed by atoms with Gasteiger partial charge in [0.2, 0.25) is 0 Å². The number of phosphoric acid groups is 1. The maximum atomic E-state index is 13.3. The smallest absolute Gasteiger partial charge is 0.302 e. The highest BCUT2D eigenvalue weighted by atomic mass is 31.2. The van der Waals surface area contributed by atoms with E-state index in [1.807, 2.05) is 9.05 Å².